The second-order valence-corrected chi connectivity index (χ2v) is 7.47. The van der Waals surface area contributed by atoms with E-state index in [1.807, 2.05) is 18.2 Å². The summed E-state index contributed by atoms with van der Waals surface area (Å²) in [6.07, 6.45) is 6.83. The second kappa shape index (κ2) is 11.0. The molecule has 2 N–H and O–H groups in total. The molecule has 1 aromatic rings. The number of hydrogen-bond donors (Lipinski definition) is 2. The topological polar surface area (TPSA) is 66.0 Å². The summed E-state index contributed by atoms with van der Waals surface area (Å²) in [7, 11) is 5.11. The summed E-state index contributed by atoms with van der Waals surface area (Å²) in [5, 5.41) is 7.52. The Morgan fingerprint density at radius 2 is 2.04 bits per heavy atom. The summed E-state index contributed by atoms with van der Waals surface area (Å²) < 4.78 is 5.19. The Kier molecular flexibility index (Phi) is 8.72. The fourth-order valence-corrected chi connectivity index (χ4v) is 3.32. The fourth-order valence-electron chi connectivity index (χ4n) is 3.05. The van der Waals surface area contributed by atoms with Crippen molar-refractivity contribution < 1.29 is 9.53 Å². The van der Waals surface area contributed by atoms with Gasteiger partial charge in [-0.1, -0.05) is 36.9 Å². The first-order valence-corrected chi connectivity index (χ1v) is 9.95. The van der Waals surface area contributed by atoms with Crippen LogP contribution in [0.2, 0.25) is 5.02 Å². The zero-order valence-corrected chi connectivity index (χ0v) is 17.3. The molecule has 0 heterocycles. The molecule has 7 heteroatoms. The van der Waals surface area contributed by atoms with Gasteiger partial charge in [-0.05, 0) is 37.0 Å². The third-order valence-electron chi connectivity index (χ3n) is 4.76. The number of nitrogens with one attached hydrogen (secondary N) is 2. The van der Waals surface area contributed by atoms with E-state index in [2.05, 4.69) is 15.6 Å². The number of benzene rings is 1. The number of guanidine groups is 1. The number of methoxy groups -OCH3 is 1. The number of carbonyl (C=O) groups excluding carboxylic acids is 1. The summed E-state index contributed by atoms with van der Waals surface area (Å²) in [5.74, 6) is 1.43. The van der Waals surface area contributed by atoms with Gasteiger partial charge in [-0.2, -0.15) is 0 Å². The average molecular weight is 395 g/mol. The van der Waals surface area contributed by atoms with E-state index < -0.39 is 0 Å². The van der Waals surface area contributed by atoms with Gasteiger partial charge in [0, 0.05) is 31.7 Å². The van der Waals surface area contributed by atoms with E-state index >= 15 is 0 Å². The Morgan fingerprint density at radius 3 is 2.67 bits per heavy atom. The summed E-state index contributed by atoms with van der Waals surface area (Å²) in [5.41, 5.74) is 1.05. The van der Waals surface area contributed by atoms with Crippen molar-refractivity contribution in [1.82, 2.24) is 15.5 Å². The normalized spacial score (nSPS) is 15.3. The van der Waals surface area contributed by atoms with Gasteiger partial charge in [0.25, 0.3) is 0 Å². The van der Waals surface area contributed by atoms with Crippen LogP contribution in [0.1, 0.15) is 37.7 Å². The Bertz CT molecular complexity index is 643. The van der Waals surface area contributed by atoms with Crippen molar-refractivity contribution in [3.8, 4) is 5.75 Å². The lowest BCUT2D eigenvalue weighted by Crippen LogP contribution is -2.45. The molecule has 1 aromatic carbocycles. The average Bonchev–Trinajstić information content (AvgIpc) is 2.67. The molecule has 1 fully saturated rings. The molecule has 0 spiro atoms. The number of nitrogens with zero attached hydrogens (tertiary/aromatic N) is 2. The van der Waals surface area contributed by atoms with Crippen molar-refractivity contribution in [3.05, 3.63) is 28.8 Å². The van der Waals surface area contributed by atoms with Crippen molar-refractivity contribution in [1.29, 1.82) is 0 Å². The number of rotatable bonds is 7. The fraction of sp³-hybridized carbons (Fsp3) is 0.600. The lowest BCUT2D eigenvalue weighted by atomic mass is 9.96. The summed E-state index contributed by atoms with van der Waals surface area (Å²) in [4.78, 5) is 17.9. The van der Waals surface area contributed by atoms with Crippen LogP contribution in [0.5, 0.6) is 5.75 Å². The molecular weight excluding hydrogens is 364 g/mol. The van der Waals surface area contributed by atoms with Crippen molar-refractivity contribution in [2.45, 2.75) is 44.6 Å². The summed E-state index contributed by atoms with van der Waals surface area (Å²) >= 11 is 6.31. The molecule has 1 saturated carbocycles. The van der Waals surface area contributed by atoms with Gasteiger partial charge in [-0.25, -0.2) is 4.99 Å². The minimum Gasteiger partial charge on any atom is -0.497 e. The molecule has 0 radical (unpaired) electrons. The molecule has 1 amide bonds. The highest BCUT2D eigenvalue weighted by Gasteiger charge is 2.15. The van der Waals surface area contributed by atoms with Crippen molar-refractivity contribution >= 4 is 23.5 Å². The first kappa shape index (κ1) is 21.4. The molecule has 150 valence electrons. The van der Waals surface area contributed by atoms with Gasteiger partial charge in [0.15, 0.2) is 5.96 Å². The highest BCUT2D eigenvalue weighted by atomic mass is 35.5. The van der Waals surface area contributed by atoms with E-state index in [1.54, 1.807) is 26.1 Å². The smallest absolute Gasteiger partial charge is 0.243 e. The first-order valence-electron chi connectivity index (χ1n) is 9.57. The standard InChI is InChI=1S/C20H31ClN4O2/c1-25(2)19(26)14-23-20(24-16-7-5-4-6-8-16)22-12-11-15-9-10-17(27-3)13-18(15)21/h9-10,13,16H,4-8,11-12,14H2,1-3H3,(H2,22,23,24). The number of halogens is 1. The Morgan fingerprint density at radius 1 is 1.30 bits per heavy atom. The molecule has 0 aromatic heterocycles. The van der Waals surface area contributed by atoms with E-state index in [0.29, 0.717) is 23.6 Å². The number of amides is 1. The lowest BCUT2D eigenvalue weighted by Gasteiger charge is -2.25. The zero-order chi connectivity index (χ0) is 19.6. The number of aliphatic imine (C=N–C) groups is 1. The Hall–Kier alpha value is -1.95. The SMILES string of the molecule is COc1ccc(CCNC(=NCC(=O)N(C)C)NC2CCCCC2)c(Cl)c1. The maximum Gasteiger partial charge on any atom is 0.243 e. The van der Waals surface area contributed by atoms with E-state index in [9.17, 15) is 4.79 Å². The van der Waals surface area contributed by atoms with Gasteiger partial charge in [0.1, 0.15) is 12.3 Å². The minimum atomic E-state index is -0.0158. The molecular formula is C20H31ClN4O2. The molecule has 0 bridgehead atoms. The van der Waals surface area contributed by atoms with Crippen LogP contribution in [0.4, 0.5) is 0 Å². The van der Waals surface area contributed by atoms with Crippen LogP contribution in [0.15, 0.2) is 23.2 Å². The van der Waals surface area contributed by atoms with Gasteiger partial charge >= 0.3 is 0 Å². The van der Waals surface area contributed by atoms with E-state index in [1.165, 1.54) is 19.3 Å². The molecule has 0 atom stereocenters. The van der Waals surface area contributed by atoms with Crippen LogP contribution in [-0.4, -0.2) is 57.1 Å². The maximum absolute atomic E-state index is 11.9. The number of carbonyl (C=O) groups is 1. The Balaban J connectivity index is 1.93. The van der Waals surface area contributed by atoms with Crippen LogP contribution in [0.3, 0.4) is 0 Å². The molecule has 27 heavy (non-hydrogen) atoms. The predicted molar refractivity (Wildman–Crippen MR) is 111 cm³/mol. The molecule has 2 rings (SSSR count). The molecule has 0 saturated heterocycles. The zero-order valence-electron chi connectivity index (χ0n) is 16.6. The number of likely N-dealkylation sites (N-methyl/N-ethyl adjacent to an activating group) is 1. The third-order valence-corrected chi connectivity index (χ3v) is 5.12. The Labute approximate surface area is 167 Å². The minimum absolute atomic E-state index is 0.0158. The quantitative estimate of drug-likeness (QED) is 0.551. The molecule has 6 nitrogen and oxygen atoms in total. The van der Waals surface area contributed by atoms with Crippen LogP contribution < -0.4 is 15.4 Å². The van der Waals surface area contributed by atoms with Gasteiger partial charge in [-0.15, -0.1) is 0 Å². The molecule has 0 unspecified atom stereocenters. The monoisotopic (exact) mass is 394 g/mol. The first-order chi connectivity index (χ1) is 13.0. The van der Waals surface area contributed by atoms with Crippen LogP contribution in [-0.2, 0) is 11.2 Å². The third kappa shape index (κ3) is 7.29. The summed E-state index contributed by atoms with van der Waals surface area (Å²) in [6.45, 7) is 0.819. The predicted octanol–water partition coefficient (Wildman–Crippen LogP) is 2.85. The summed E-state index contributed by atoms with van der Waals surface area (Å²) in [6, 6.07) is 6.13. The lowest BCUT2D eigenvalue weighted by molar-refractivity contribution is -0.127. The largest absolute Gasteiger partial charge is 0.497 e. The maximum atomic E-state index is 11.9. The van der Waals surface area contributed by atoms with E-state index in [-0.39, 0.29) is 12.5 Å². The van der Waals surface area contributed by atoms with Crippen molar-refractivity contribution in [2.75, 3.05) is 34.3 Å². The second-order valence-electron chi connectivity index (χ2n) is 7.07. The van der Waals surface area contributed by atoms with Gasteiger partial charge in [0.2, 0.25) is 5.91 Å². The van der Waals surface area contributed by atoms with Gasteiger partial charge < -0.3 is 20.3 Å². The van der Waals surface area contributed by atoms with E-state index in [0.717, 1.165) is 30.6 Å². The highest BCUT2D eigenvalue weighted by molar-refractivity contribution is 6.31. The highest BCUT2D eigenvalue weighted by Crippen LogP contribution is 2.22. The molecule has 0 aliphatic heterocycles. The van der Waals surface area contributed by atoms with Crippen LogP contribution in [0, 0.1) is 0 Å². The number of hydrogen-bond acceptors (Lipinski definition) is 3. The van der Waals surface area contributed by atoms with Crippen LogP contribution >= 0.6 is 11.6 Å². The van der Waals surface area contributed by atoms with Gasteiger partial charge in [-0.3, -0.25) is 4.79 Å². The number of ether oxygens (including phenoxy) is 1. The van der Waals surface area contributed by atoms with Crippen LogP contribution in [0.25, 0.3) is 0 Å². The molecule has 1 aliphatic carbocycles. The van der Waals surface area contributed by atoms with E-state index in [4.69, 9.17) is 16.3 Å². The van der Waals surface area contributed by atoms with Gasteiger partial charge in [0.05, 0.1) is 7.11 Å². The van der Waals surface area contributed by atoms with Crippen molar-refractivity contribution in [3.63, 3.8) is 0 Å². The molecule has 1 aliphatic rings. The van der Waals surface area contributed by atoms with Crippen molar-refractivity contribution in [2.24, 2.45) is 4.99 Å².